The molecule has 0 spiro atoms. The number of carboxylic acids is 1. The highest BCUT2D eigenvalue weighted by molar-refractivity contribution is 5.88. The topological polar surface area (TPSA) is 58.6 Å². The highest BCUT2D eigenvalue weighted by Gasteiger charge is 2.16. The molecule has 0 saturated carbocycles. The monoisotopic (exact) mass is 225 g/mol. The number of carboxylic acid groups (broad SMARTS) is 1. The number of aromatic carboxylic acids is 1. The van der Waals surface area contributed by atoms with Gasteiger partial charge in [0.2, 0.25) is 0 Å². The van der Waals surface area contributed by atoms with Crippen LogP contribution in [0.1, 0.15) is 16.8 Å². The summed E-state index contributed by atoms with van der Waals surface area (Å²) in [7, 11) is 0. The Bertz CT molecular complexity index is 402. The molecule has 2 rings (SSSR count). The molecule has 1 saturated heterocycles. The number of ether oxygens (including phenoxy) is 1. The van der Waals surface area contributed by atoms with Crippen LogP contribution in [0.3, 0.4) is 0 Å². The maximum atomic E-state index is 13.3. The minimum Gasteiger partial charge on any atom is -0.478 e. The van der Waals surface area contributed by atoms with Crippen molar-refractivity contribution in [2.45, 2.75) is 12.5 Å². The first-order valence-corrected chi connectivity index (χ1v) is 5.04. The van der Waals surface area contributed by atoms with E-state index in [0.717, 1.165) is 6.42 Å². The summed E-state index contributed by atoms with van der Waals surface area (Å²) in [5.74, 6) is -1.98. The van der Waals surface area contributed by atoms with Crippen molar-refractivity contribution in [1.82, 2.24) is 0 Å². The quantitative estimate of drug-likeness (QED) is 0.822. The van der Waals surface area contributed by atoms with Crippen molar-refractivity contribution in [3.8, 4) is 0 Å². The molecule has 1 heterocycles. The second-order valence-electron chi connectivity index (χ2n) is 3.70. The van der Waals surface area contributed by atoms with Gasteiger partial charge in [0.05, 0.1) is 18.2 Å². The number of halogens is 1. The molecule has 0 radical (unpaired) electrons. The molecular weight excluding hydrogens is 213 g/mol. The van der Waals surface area contributed by atoms with Crippen LogP contribution < -0.4 is 5.32 Å². The van der Waals surface area contributed by atoms with Gasteiger partial charge < -0.3 is 15.2 Å². The fourth-order valence-electron chi connectivity index (χ4n) is 1.66. The highest BCUT2D eigenvalue weighted by Crippen LogP contribution is 2.17. The number of benzene rings is 1. The van der Waals surface area contributed by atoms with Crippen LogP contribution in [0.2, 0.25) is 0 Å². The van der Waals surface area contributed by atoms with E-state index in [9.17, 15) is 9.18 Å². The normalized spacial score (nSPS) is 19.7. The smallest absolute Gasteiger partial charge is 0.338 e. The van der Waals surface area contributed by atoms with Crippen molar-refractivity contribution in [2.24, 2.45) is 0 Å². The summed E-state index contributed by atoms with van der Waals surface area (Å²) in [4.78, 5) is 10.6. The molecule has 16 heavy (non-hydrogen) atoms. The molecule has 0 aromatic heterocycles. The third kappa shape index (κ3) is 2.30. The van der Waals surface area contributed by atoms with Gasteiger partial charge in [0, 0.05) is 12.3 Å². The summed E-state index contributed by atoms with van der Waals surface area (Å²) in [5.41, 5.74) is 0.270. The summed E-state index contributed by atoms with van der Waals surface area (Å²) >= 11 is 0. The summed E-state index contributed by atoms with van der Waals surface area (Å²) in [6, 6.07) is 4.19. The highest BCUT2D eigenvalue weighted by atomic mass is 19.1. The molecule has 0 amide bonds. The Labute approximate surface area is 92.0 Å². The molecule has 1 aromatic carbocycles. The Morgan fingerprint density at radius 1 is 1.56 bits per heavy atom. The zero-order chi connectivity index (χ0) is 11.5. The number of anilines is 1. The number of carbonyl (C=O) groups is 1. The summed E-state index contributed by atoms with van der Waals surface area (Å²) in [6.07, 6.45) is 0.877. The van der Waals surface area contributed by atoms with Crippen LogP contribution in [-0.4, -0.2) is 30.3 Å². The van der Waals surface area contributed by atoms with E-state index < -0.39 is 11.8 Å². The predicted octanol–water partition coefficient (Wildman–Crippen LogP) is 1.72. The van der Waals surface area contributed by atoms with Gasteiger partial charge in [-0.3, -0.25) is 0 Å². The average molecular weight is 225 g/mol. The van der Waals surface area contributed by atoms with Crippen LogP contribution in [0.25, 0.3) is 0 Å². The van der Waals surface area contributed by atoms with Crippen LogP contribution in [0, 0.1) is 5.82 Å². The van der Waals surface area contributed by atoms with Gasteiger partial charge in [-0.25, -0.2) is 9.18 Å². The molecule has 1 aromatic rings. The molecule has 1 aliphatic rings. The van der Waals surface area contributed by atoms with Crippen LogP contribution in [0.15, 0.2) is 18.2 Å². The molecule has 1 atom stereocenters. The first-order chi connectivity index (χ1) is 7.66. The van der Waals surface area contributed by atoms with E-state index in [1.807, 2.05) is 0 Å². The van der Waals surface area contributed by atoms with Crippen molar-refractivity contribution < 1.29 is 19.0 Å². The molecule has 0 bridgehead atoms. The largest absolute Gasteiger partial charge is 0.478 e. The molecule has 1 aliphatic heterocycles. The van der Waals surface area contributed by atoms with Crippen molar-refractivity contribution >= 4 is 11.7 Å². The Balaban J connectivity index is 2.11. The number of nitrogens with one attached hydrogen (secondary N) is 1. The maximum absolute atomic E-state index is 13.3. The minimum atomic E-state index is -1.26. The van der Waals surface area contributed by atoms with Crippen LogP contribution in [-0.2, 0) is 4.74 Å². The molecular formula is C11H12FNO3. The number of hydrogen-bond donors (Lipinski definition) is 2. The van der Waals surface area contributed by atoms with E-state index in [1.54, 1.807) is 6.07 Å². The molecule has 4 nitrogen and oxygen atoms in total. The lowest BCUT2D eigenvalue weighted by molar-refractivity contribution is 0.0692. The molecule has 1 unspecified atom stereocenters. The van der Waals surface area contributed by atoms with Crippen LogP contribution in [0.5, 0.6) is 0 Å². The summed E-state index contributed by atoms with van der Waals surface area (Å²) in [6.45, 7) is 1.30. The van der Waals surface area contributed by atoms with Gasteiger partial charge in [0.15, 0.2) is 0 Å². The van der Waals surface area contributed by atoms with E-state index in [1.165, 1.54) is 12.1 Å². The third-order valence-corrected chi connectivity index (χ3v) is 2.50. The average Bonchev–Trinajstić information content (AvgIpc) is 2.70. The van der Waals surface area contributed by atoms with E-state index in [-0.39, 0.29) is 11.6 Å². The Hall–Kier alpha value is -1.62. The summed E-state index contributed by atoms with van der Waals surface area (Å²) < 4.78 is 18.5. The van der Waals surface area contributed by atoms with E-state index >= 15 is 0 Å². The molecule has 5 heteroatoms. The summed E-state index contributed by atoms with van der Waals surface area (Å²) in [5, 5.41) is 11.8. The lowest BCUT2D eigenvalue weighted by Gasteiger charge is -2.12. The second-order valence-corrected chi connectivity index (χ2v) is 3.70. The van der Waals surface area contributed by atoms with Gasteiger partial charge in [0.25, 0.3) is 0 Å². The number of hydrogen-bond acceptors (Lipinski definition) is 3. The van der Waals surface area contributed by atoms with Crippen molar-refractivity contribution in [2.75, 3.05) is 18.5 Å². The standard InChI is InChI=1S/C11H12FNO3/c12-10-5-7(1-2-9(10)11(14)15)13-8-3-4-16-6-8/h1-2,5,8,13H,3-4,6H2,(H,14,15). The lowest BCUT2D eigenvalue weighted by atomic mass is 10.1. The first-order valence-electron chi connectivity index (χ1n) is 5.04. The molecule has 86 valence electrons. The van der Waals surface area contributed by atoms with Crippen molar-refractivity contribution in [3.63, 3.8) is 0 Å². The number of rotatable bonds is 3. The minimum absolute atomic E-state index is 0.176. The van der Waals surface area contributed by atoms with Crippen LogP contribution >= 0.6 is 0 Å². The van der Waals surface area contributed by atoms with Crippen molar-refractivity contribution in [3.05, 3.63) is 29.6 Å². The van der Waals surface area contributed by atoms with E-state index in [2.05, 4.69) is 5.32 Å². The Kier molecular flexibility index (Phi) is 3.05. The van der Waals surface area contributed by atoms with Gasteiger partial charge in [-0.1, -0.05) is 0 Å². The third-order valence-electron chi connectivity index (χ3n) is 2.50. The van der Waals surface area contributed by atoms with Gasteiger partial charge in [-0.05, 0) is 24.6 Å². The predicted molar refractivity (Wildman–Crippen MR) is 56.2 cm³/mol. The van der Waals surface area contributed by atoms with Crippen LogP contribution in [0.4, 0.5) is 10.1 Å². The molecule has 0 aliphatic carbocycles. The fraction of sp³-hybridized carbons (Fsp3) is 0.364. The first kappa shape index (κ1) is 10.9. The van der Waals surface area contributed by atoms with Gasteiger partial charge in [0.1, 0.15) is 5.82 Å². The van der Waals surface area contributed by atoms with Gasteiger partial charge in [-0.15, -0.1) is 0 Å². The van der Waals surface area contributed by atoms with Gasteiger partial charge >= 0.3 is 5.97 Å². The maximum Gasteiger partial charge on any atom is 0.338 e. The van der Waals surface area contributed by atoms with E-state index in [0.29, 0.717) is 18.9 Å². The molecule has 1 fully saturated rings. The van der Waals surface area contributed by atoms with E-state index in [4.69, 9.17) is 9.84 Å². The zero-order valence-corrected chi connectivity index (χ0v) is 8.57. The lowest BCUT2D eigenvalue weighted by Crippen LogP contribution is -2.19. The second kappa shape index (κ2) is 4.49. The van der Waals surface area contributed by atoms with Crippen molar-refractivity contribution in [1.29, 1.82) is 0 Å². The fourth-order valence-corrected chi connectivity index (χ4v) is 1.66. The van der Waals surface area contributed by atoms with Gasteiger partial charge in [-0.2, -0.15) is 0 Å². The zero-order valence-electron chi connectivity index (χ0n) is 8.57. The SMILES string of the molecule is O=C(O)c1ccc(NC2CCOC2)cc1F. The Morgan fingerprint density at radius 2 is 2.38 bits per heavy atom. The Morgan fingerprint density at radius 3 is 2.94 bits per heavy atom. The molecule has 2 N–H and O–H groups in total.